The lowest BCUT2D eigenvalue weighted by Gasteiger charge is -2.30. The van der Waals surface area contributed by atoms with Gasteiger partial charge in [0.2, 0.25) is 6.79 Å². The van der Waals surface area contributed by atoms with E-state index in [4.69, 9.17) is 14.2 Å². The molecular formula is C18H17BrN2O4. The van der Waals surface area contributed by atoms with Gasteiger partial charge in [-0.1, -0.05) is 12.1 Å². The molecule has 0 aliphatic carbocycles. The molecule has 2 aliphatic heterocycles. The Labute approximate surface area is 153 Å². The Balaban J connectivity index is 1.59. The Morgan fingerprint density at radius 2 is 1.80 bits per heavy atom. The van der Waals surface area contributed by atoms with E-state index in [0.717, 1.165) is 24.5 Å². The predicted molar refractivity (Wildman–Crippen MR) is 97.7 cm³/mol. The van der Waals surface area contributed by atoms with Gasteiger partial charge in [0.1, 0.15) is 0 Å². The number of hydrogen-bond acceptors (Lipinski definition) is 5. The van der Waals surface area contributed by atoms with Gasteiger partial charge in [-0.15, -0.1) is 0 Å². The fourth-order valence-corrected chi connectivity index (χ4v) is 3.44. The number of hydrogen-bond donors (Lipinski definition) is 1. The quantitative estimate of drug-likeness (QED) is 0.850. The number of halogens is 1. The van der Waals surface area contributed by atoms with Crippen molar-refractivity contribution in [2.45, 2.75) is 0 Å². The summed E-state index contributed by atoms with van der Waals surface area (Å²) in [5.41, 5.74) is 2.27. The second-order valence-corrected chi connectivity index (χ2v) is 6.61. The number of ether oxygens (including phenoxy) is 3. The maximum Gasteiger partial charge on any atom is 0.257 e. The molecule has 1 fully saturated rings. The molecule has 2 aromatic carbocycles. The maximum atomic E-state index is 12.8. The molecule has 0 unspecified atom stereocenters. The average Bonchev–Trinajstić information content (AvgIpc) is 3.09. The van der Waals surface area contributed by atoms with Crippen LogP contribution >= 0.6 is 15.9 Å². The zero-order chi connectivity index (χ0) is 17.2. The summed E-state index contributed by atoms with van der Waals surface area (Å²) in [5, 5.41) is 3.01. The molecule has 0 radical (unpaired) electrons. The number of fused-ring (bicyclic) bond motifs is 1. The molecule has 1 saturated heterocycles. The Kier molecular flexibility index (Phi) is 4.50. The summed E-state index contributed by atoms with van der Waals surface area (Å²) in [6.07, 6.45) is 0. The van der Waals surface area contributed by atoms with Crippen LogP contribution in [0.15, 0.2) is 40.9 Å². The molecule has 0 atom stereocenters. The number of morpholine rings is 1. The van der Waals surface area contributed by atoms with Gasteiger partial charge in [0, 0.05) is 17.6 Å². The van der Waals surface area contributed by atoms with Crippen molar-refractivity contribution >= 4 is 33.2 Å². The molecule has 1 amide bonds. The van der Waals surface area contributed by atoms with Crippen molar-refractivity contribution in [2.75, 3.05) is 43.3 Å². The minimum atomic E-state index is -0.203. The first-order chi connectivity index (χ1) is 12.2. The highest BCUT2D eigenvalue weighted by molar-refractivity contribution is 9.10. The van der Waals surface area contributed by atoms with Crippen LogP contribution in [0.5, 0.6) is 11.5 Å². The van der Waals surface area contributed by atoms with Gasteiger partial charge in [0.25, 0.3) is 5.91 Å². The molecule has 0 spiro atoms. The number of carbonyl (C=O) groups is 1. The van der Waals surface area contributed by atoms with Crippen LogP contribution < -0.4 is 19.7 Å². The molecule has 2 heterocycles. The third-order valence-corrected chi connectivity index (χ3v) is 4.87. The van der Waals surface area contributed by atoms with Crippen molar-refractivity contribution in [3.63, 3.8) is 0 Å². The highest BCUT2D eigenvalue weighted by Crippen LogP contribution is 2.37. The molecule has 1 N–H and O–H groups in total. The van der Waals surface area contributed by atoms with Crippen LogP contribution in [0, 0.1) is 0 Å². The number of anilines is 2. The van der Waals surface area contributed by atoms with Crippen LogP contribution in [0.2, 0.25) is 0 Å². The van der Waals surface area contributed by atoms with E-state index in [1.54, 1.807) is 12.1 Å². The summed E-state index contributed by atoms with van der Waals surface area (Å²) in [6.45, 7) is 3.17. The zero-order valence-electron chi connectivity index (χ0n) is 13.5. The van der Waals surface area contributed by atoms with Crippen LogP contribution in [0.25, 0.3) is 0 Å². The molecule has 2 aromatic rings. The van der Waals surface area contributed by atoms with Gasteiger partial charge in [-0.3, -0.25) is 4.79 Å². The summed E-state index contributed by atoms with van der Waals surface area (Å²) in [7, 11) is 0. The van der Waals surface area contributed by atoms with Crippen molar-refractivity contribution in [2.24, 2.45) is 0 Å². The summed E-state index contributed by atoms with van der Waals surface area (Å²) in [6, 6.07) is 11.2. The lowest BCUT2D eigenvalue weighted by atomic mass is 10.1. The van der Waals surface area contributed by atoms with Gasteiger partial charge >= 0.3 is 0 Å². The molecule has 130 valence electrons. The smallest absolute Gasteiger partial charge is 0.257 e. The van der Waals surface area contributed by atoms with Gasteiger partial charge in [-0.05, 0) is 40.2 Å². The standard InChI is InChI=1S/C18H17BrN2O4/c19-13-10-17-16(24-11-25-17)9-12(13)18(22)20-14-3-1-2-4-15(14)21-5-7-23-8-6-21/h1-4,9-10H,5-8,11H2,(H,20,22). The molecule has 0 saturated carbocycles. The normalized spacial score (nSPS) is 16.0. The van der Waals surface area contributed by atoms with E-state index in [9.17, 15) is 4.79 Å². The lowest BCUT2D eigenvalue weighted by molar-refractivity contribution is 0.102. The Hall–Kier alpha value is -2.25. The zero-order valence-corrected chi connectivity index (χ0v) is 15.0. The number of carbonyl (C=O) groups excluding carboxylic acids is 1. The van der Waals surface area contributed by atoms with Crippen LogP contribution in [0.1, 0.15) is 10.4 Å². The molecule has 6 nitrogen and oxygen atoms in total. The summed E-state index contributed by atoms with van der Waals surface area (Å²) >= 11 is 3.44. The minimum absolute atomic E-state index is 0.173. The molecule has 0 aromatic heterocycles. The van der Waals surface area contributed by atoms with Gasteiger partial charge in [0.05, 0.1) is 30.2 Å². The first-order valence-electron chi connectivity index (χ1n) is 8.04. The summed E-state index contributed by atoms with van der Waals surface area (Å²) in [4.78, 5) is 15.0. The van der Waals surface area contributed by atoms with E-state index in [2.05, 4.69) is 26.1 Å². The molecule has 0 bridgehead atoms. The van der Waals surface area contributed by atoms with Gasteiger partial charge < -0.3 is 24.4 Å². The molecule has 2 aliphatic rings. The minimum Gasteiger partial charge on any atom is -0.454 e. The van der Waals surface area contributed by atoms with Crippen LogP contribution in [-0.4, -0.2) is 39.0 Å². The number of benzene rings is 2. The SMILES string of the molecule is O=C(Nc1ccccc1N1CCOCC1)c1cc2c(cc1Br)OCO2. The second kappa shape index (κ2) is 6.93. The van der Waals surface area contributed by atoms with Crippen molar-refractivity contribution < 1.29 is 19.0 Å². The third-order valence-electron chi connectivity index (χ3n) is 4.21. The Morgan fingerprint density at radius 3 is 2.60 bits per heavy atom. The average molecular weight is 405 g/mol. The van der Waals surface area contributed by atoms with Crippen LogP contribution in [0.3, 0.4) is 0 Å². The van der Waals surface area contributed by atoms with E-state index in [-0.39, 0.29) is 12.7 Å². The lowest BCUT2D eigenvalue weighted by Crippen LogP contribution is -2.36. The predicted octanol–water partition coefficient (Wildman–Crippen LogP) is 3.27. The van der Waals surface area contributed by atoms with Crippen LogP contribution in [-0.2, 0) is 4.74 Å². The highest BCUT2D eigenvalue weighted by Gasteiger charge is 2.21. The maximum absolute atomic E-state index is 12.8. The monoisotopic (exact) mass is 404 g/mol. The number of nitrogens with one attached hydrogen (secondary N) is 1. The Bertz CT molecular complexity index is 806. The summed E-state index contributed by atoms with van der Waals surface area (Å²) < 4.78 is 16.8. The van der Waals surface area contributed by atoms with E-state index >= 15 is 0 Å². The first kappa shape index (κ1) is 16.2. The number of nitrogens with zero attached hydrogens (tertiary/aromatic N) is 1. The van der Waals surface area contributed by atoms with Crippen molar-refractivity contribution in [3.8, 4) is 11.5 Å². The van der Waals surface area contributed by atoms with Crippen molar-refractivity contribution in [1.82, 2.24) is 0 Å². The van der Waals surface area contributed by atoms with Crippen molar-refractivity contribution in [1.29, 1.82) is 0 Å². The highest BCUT2D eigenvalue weighted by atomic mass is 79.9. The first-order valence-corrected chi connectivity index (χ1v) is 8.84. The molecule has 4 rings (SSSR count). The fourth-order valence-electron chi connectivity index (χ4n) is 2.94. The molecular weight excluding hydrogens is 388 g/mol. The number of para-hydroxylation sites is 2. The topological polar surface area (TPSA) is 60.0 Å². The molecule has 25 heavy (non-hydrogen) atoms. The van der Waals surface area contributed by atoms with E-state index < -0.39 is 0 Å². The van der Waals surface area contributed by atoms with Gasteiger partial charge in [-0.25, -0.2) is 0 Å². The van der Waals surface area contributed by atoms with E-state index in [0.29, 0.717) is 34.7 Å². The fraction of sp³-hybridized carbons (Fsp3) is 0.278. The van der Waals surface area contributed by atoms with Gasteiger partial charge in [0.15, 0.2) is 11.5 Å². The van der Waals surface area contributed by atoms with E-state index in [1.165, 1.54) is 0 Å². The Morgan fingerprint density at radius 1 is 1.08 bits per heavy atom. The van der Waals surface area contributed by atoms with E-state index in [1.807, 2.05) is 24.3 Å². The second-order valence-electron chi connectivity index (χ2n) is 5.76. The largest absolute Gasteiger partial charge is 0.454 e. The van der Waals surface area contributed by atoms with Gasteiger partial charge in [-0.2, -0.15) is 0 Å². The molecule has 7 heteroatoms. The number of rotatable bonds is 3. The third kappa shape index (κ3) is 3.29. The van der Waals surface area contributed by atoms with Crippen LogP contribution in [0.4, 0.5) is 11.4 Å². The number of amides is 1. The van der Waals surface area contributed by atoms with Crippen molar-refractivity contribution in [3.05, 3.63) is 46.4 Å². The summed E-state index contributed by atoms with van der Waals surface area (Å²) in [5.74, 6) is 1.01.